The molecule has 0 saturated carbocycles. The average Bonchev–Trinajstić information content (AvgIpc) is 2.61. The molecule has 0 aliphatic carbocycles. The second-order valence-corrected chi connectivity index (χ2v) is 5.57. The van der Waals surface area contributed by atoms with Gasteiger partial charge in [0.1, 0.15) is 5.75 Å². The van der Waals surface area contributed by atoms with E-state index in [0.29, 0.717) is 12.0 Å². The van der Waals surface area contributed by atoms with Crippen LogP contribution in [0.25, 0.3) is 10.8 Å². The second-order valence-electron chi connectivity index (χ2n) is 5.57. The summed E-state index contributed by atoms with van der Waals surface area (Å²) in [7, 11) is 1.64. The van der Waals surface area contributed by atoms with Crippen molar-refractivity contribution in [3.05, 3.63) is 71.8 Å². The highest BCUT2D eigenvalue weighted by molar-refractivity contribution is 6.23. The van der Waals surface area contributed by atoms with E-state index in [0.717, 1.165) is 33.5 Å². The van der Waals surface area contributed by atoms with Crippen LogP contribution in [0.1, 0.15) is 22.3 Å². The third kappa shape index (κ3) is 2.30. The van der Waals surface area contributed by atoms with Crippen LogP contribution in [0.3, 0.4) is 0 Å². The maximum Gasteiger partial charge on any atom is 0.171 e. The molecule has 1 aliphatic rings. The van der Waals surface area contributed by atoms with Gasteiger partial charge in [0.05, 0.1) is 24.9 Å². The summed E-state index contributed by atoms with van der Waals surface area (Å²) in [5.74, 6) is 0.911. The molecule has 0 bridgehead atoms. The fraction of sp³-hybridized carbons (Fsp3) is 0.100. The number of carbonyl (C=O) groups is 1. The molecule has 4 rings (SSSR count). The number of nitrogens with zero attached hydrogens (tertiary/aromatic N) is 1. The third-order valence-corrected chi connectivity index (χ3v) is 4.20. The van der Waals surface area contributed by atoms with Crippen LogP contribution >= 0.6 is 0 Å². The molecule has 112 valence electrons. The summed E-state index contributed by atoms with van der Waals surface area (Å²) in [4.78, 5) is 17.3. The summed E-state index contributed by atoms with van der Waals surface area (Å²) in [5, 5.41) is 2.11. The Morgan fingerprint density at radius 3 is 2.52 bits per heavy atom. The summed E-state index contributed by atoms with van der Waals surface area (Å²) < 4.78 is 5.18. The van der Waals surface area contributed by atoms with Crippen LogP contribution in [0.15, 0.2) is 65.7 Å². The van der Waals surface area contributed by atoms with Crippen molar-refractivity contribution in [2.75, 3.05) is 7.11 Å². The van der Waals surface area contributed by atoms with Gasteiger partial charge in [0.15, 0.2) is 5.78 Å². The normalized spacial score (nSPS) is 13.6. The van der Waals surface area contributed by atoms with Gasteiger partial charge in [-0.05, 0) is 41.3 Å². The number of hydrogen-bond acceptors (Lipinski definition) is 3. The van der Waals surface area contributed by atoms with E-state index in [4.69, 9.17) is 9.73 Å². The number of hydrogen-bond donors (Lipinski definition) is 0. The SMILES string of the molecule is COc1ccc(C2=Nc3c(ccc4ccccc34)C(=O)C2)cc1. The molecule has 3 heteroatoms. The van der Waals surface area contributed by atoms with Crippen LogP contribution in [0, 0.1) is 0 Å². The Kier molecular flexibility index (Phi) is 3.19. The zero-order valence-corrected chi connectivity index (χ0v) is 12.7. The van der Waals surface area contributed by atoms with Crippen LogP contribution in [0.4, 0.5) is 5.69 Å². The number of Topliss-reactive ketones (excluding diaryl/α,β-unsaturated/α-hetero) is 1. The number of benzene rings is 3. The van der Waals surface area contributed by atoms with Crippen molar-refractivity contribution >= 4 is 28.0 Å². The maximum absolute atomic E-state index is 12.5. The van der Waals surface area contributed by atoms with Crippen molar-refractivity contribution in [3.8, 4) is 5.75 Å². The van der Waals surface area contributed by atoms with E-state index >= 15 is 0 Å². The minimum Gasteiger partial charge on any atom is -0.497 e. The number of aliphatic imine (C=N–C) groups is 1. The Labute approximate surface area is 134 Å². The van der Waals surface area contributed by atoms with Crippen LogP contribution in [0.5, 0.6) is 5.75 Å². The van der Waals surface area contributed by atoms with Crippen molar-refractivity contribution in [1.29, 1.82) is 0 Å². The number of methoxy groups -OCH3 is 1. The lowest BCUT2D eigenvalue weighted by Crippen LogP contribution is -2.14. The lowest BCUT2D eigenvalue weighted by Gasteiger charge is -2.17. The number of fused-ring (bicyclic) bond motifs is 3. The Morgan fingerprint density at radius 1 is 0.957 bits per heavy atom. The number of carbonyl (C=O) groups excluding carboxylic acids is 1. The van der Waals surface area contributed by atoms with Crippen molar-refractivity contribution in [3.63, 3.8) is 0 Å². The van der Waals surface area contributed by atoms with Gasteiger partial charge in [-0.3, -0.25) is 9.79 Å². The van der Waals surface area contributed by atoms with Crippen molar-refractivity contribution in [1.82, 2.24) is 0 Å². The van der Waals surface area contributed by atoms with Crippen LogP contribution in [0.2, 0.25) is 0 Å². The van der Waals surface area contributed by atoms with E-state index in [1.165, 1.54) is 0 Å². The van der Waals surface area contributed by atoms with E-state index in [1.807, 2.05) is 60.7 Å². The van der Waals surface area contributed by atoms with Gasteiger partial charge in [-0.2, -0.15) is 0 Å². The Morgan fingerprint density at radius 2 is 1.74 bits per heavy atom. The van der Waals surface area contributed by atoms with Gasteiger partial charge in [-0.25, -0.2) is 0 Å². The van der Waals surface area contributed by atoms with E-state index in [9.17, 15) is 4.79 Å². The summed E-state index contributed by atoms with van der Waals surface area (Å²) in [6.45, 7) is 0. The predicted octanol–water partition coefficient (Wildman–Crippen LogP) is 4.56. The number of ketones is 1. The quantitative estimate of drug-likeness (QED) is 0.696. The summed E-state index contributed by atoms with van der Waals surface area (Å²) >= 11 is 0. The second kappa shape index (κ2) is 5.36. The molecule has 0 aromatic heterocycles. The summed E-state index contributed by atoms with van der Waals surface area (Å²) in [6, 6.07) is 19.6. The van der Waals surface area contributed by atoms with Gasteiger partial charge in [-0.1, -0.05) is 30.3 Å². The fourth-order valence-electron chi connectivity index (χ4n) is 2.97. The van der Waals surface area contributed by atoms with Crippen molar-refractivity contribution in [2.45, 2.75) is 6.42 Å². The molecule has 3 nitrogen and oxygen atoms in total. The van der Waals surface area contributed by atoms with Gasteiger partial charge in [0.25, 0.3) is 0 Å². The zero-order valence-electron chi connectivity index (χ0n) is 12.7. The molecule has 0 spiro atoms. The minimum atomic E-state index is 0.117. The standard InChI is InChI=1S/C20H15NO2/c1-23-15-9-6-14(7-10-15)18-12-19(22)17-11-8-13-4-2-3-5-16(13)20(17)21-18/h2-11H,12H2,1H3. The lowest BCUT2D eigenvalue weighted by molar-refractivity contribution is 0.1000. The Hall–Kier alpha value is -2.94. The minimum absolute atomic E-state index is 0.117. The first-order valence-electron chi connectivity index (χ1n) is 7.53. The molecule has 0 fully saturated rings. The van der Waals surface area contributed by atoms with Gasteiger partial charge in [-0.15, -0.1) is 0 Å². The highest BCUT2D eigenvalue weighted by Gasteiger charge is 2.22. The van der Waals surface area contributed by atoms with Crippen LogP contribution in [-0.4, -0.2) is 18.6 Å². The molecular weight excluding hydrogens is 286 g/mol. The topological polar surface area (TPSA) is 38.7 Å². The highest BCUT2D eigenvalue weighted by Crippen LogP contribution is 2.35. The van der Waals surface area contributed by atoms with Gasteiger partial charge in [0.2, 0.25) is 0 Å². The Bertz CT molecular complexity index is 940. The first kappa shape index (κ1) is 13.7. The molecule has 0 amide bonds. The molecule has 1 aliphatic heterocycles. The first-order valence-corrected chi connectivity index (χ1v) is 7.53. The molecule has 0 atom stereocenters. The molecular formula is C20H15NO2. The Balaban J connectivity index is 1.89. The van der Waals surface area contributed by atoms with E-state index in [1.54, 1.807) is 7.11 Å². The third-order valence-electron chi connectivity index (χ3n) is 4.20. The predicted molar refractivity (Wildman–Crippen MR) is 92.1 cm³/mol. The van der Waals surface area contributed by atoms with E-state index in [-0.39, 0.29) is 5.78 Å². The van der Waals surface area contributed by atoms with E-state index < -0.39 is 0 Å². The first-order chi connectivity index (χ1) is 11.3. The van der Waals surface area contributed by atoms with Crippen molar-refractivity contribution < 1.29 is 9.53 Å². The monoisotopic (exact) mass is 301 g/mol. The number of ether oxygens (including phenoxy) is 1. The molecule has 3 aromatic rings. The molecule has 23 heavy (non-hydrogen) atoms. The zero-order chi connectivity index (χ0) is 15.8. The number of rotatable bonds is 2. The smallest absolute Gasteiger partial charge is 0.171 e. The molecule has 0 unspecified atom stereocenters. The van der Waals surface area contributed by atoms with Gasteiger partial charge >= 0.3 is 0 Å². The van der Waals surface area contributed by atoms with Gasteiger partial charge in [0, 0.05) is 10.9 Å². The molecule has 1 heterocycles. The molecule has 0 radical (unpaired) electrons. The molecule has 3 aromatic carbocycles. The van der Waals surface area contributed by atoms with Crippen LogP contribution in [-0.2, 0) is 0 Å². The summed E-state index contributed by atoms with van der Waals surface area (Å²) in [5.41, 5.74) is 3.25. The fourth-order valence-corrected chi connectivity index (χ4v) is 2.97. The maximum atomic E-state index is 12.5. The van der Waals surface area contributed by atoms with Crippen molar-refractivity contribution in [2.24, 2.45) is 4.99 Å². The molecule has 0 N–H and O–H groups in total. The van der Waals surface area contributed by atoms with Gasteiger partial charge < -0.3 is 4.74 Å². The lowest BCUT2D eigenvalue weighted by atomic mass is 9.93. The molecule has 0 saturated heterocycles. The average molecular weight is 301 g/mol. The highest BCUT2D eigenvalue weighted by atomic mass is 16.5. The van der Waals surface area contributed by atoms with Crippen LogP contribution < -0.4 is 4.74 Å². The largest absolute Gasteiger partial charge is 0.497 e. The van der Waals surface area contributed by atoms with E-state index in [2.05, 4.69) is 0 Å². The summed E-state index contributed by atoms with van der Waals surface area (Å²) in [6.07, 6.45) is 0.331.